The van der Waals surface area contributed by atoms with Gasteiger partial charge < -0.3 is 4.42 Å². The van der Waals surface area contributed by atoms with Crippen molar-refractivity contribution in [2.45, 2.75) is 20.8 Å². The molecule has 0 spiro atoms. The largest absolute Gasteiger partial charge is 0.466 e. The molecule has 4 heteroatoms. The van der Waals surface area contributed by atoms with Crippen LogP contribution in [0.3, 0.4) is 0 Å². The van der Waals surface area contributed by atoms with Crippen molar-refractivity contribution in [2.24, 2.45) is 5.92 Å². The van der Waals surface area contributed by atoms with Gasteiger partial charge in [-0.2, -0.15) is 10.5 Å². The van der Waals surface area contributed by atoms with Crippen LogP contribution in [0.4, 0.5) is 0 Å². The normalized spacial score (nSPS) is 9.73. The quantitative estimate of drug-likeness (QED) is 0.687. The van der Waals surface area contributed by atoms with Gasteiger partial charge in [0.15, 0.2) is 11.7 Å². The molecule has 0 fully saturated rings. The van der Waals surface area contributed by atoms with E-state index in [2.05, 4.69) is 0 Å². The average Bonchev–Trinajstić information content (AvgIpc) is 2.43. The fourth-order valence-electron chi connectivity index (χ4n) is 1.45. The second-order valence-corrected chi connectivity index (χ2v) is 3.27. The third kappa shape index (κ3) is 1.75. The lowest BCUT2D eigenvalue weighted by Gasteiger charge is -1.99. The number of aryl methyl sites for hydroxylation is 2. The molecular formula is C11H10N2O2. The second kappa shape index (κ2) is 3.98. The van der Waals surface area contributed by atoms with Crippen LogP contribution in [-0.4, -0.2) is 5.78 Å². The van der Waals surface area contributed by atoms with Crippen LogP contribution in [0.25, 0.3) is 0 Å². The molecule has 0 unspecified atom stereocenters. The Balaban J connectivity index is 3.25. The topological polar surface area (TPSA) is 77.8 Å². The maximum atomic E-state index is 11.8. The summed E-state index contributed by atoms with van der Waals surface area (Å²) in [6.45, 7) is 5.14. The van der Waals surface area contributed by atoms with Crippen molar-refractivity contribution in [3.63, 3.8) is 0 Å². The van der Waals surface area contributed by atoms with Crippen LogP contribution < -0.4 is 0 Å². The van der Waals surface area contributed by atoms with Crippen molar-refractivity contribution in [3.8, 4) is 12.1 Å². The monoisotopic (exact) mass is 202 g/mol. The fourth-order valence-corrected chi connectivity index (χ4v) is 1.45. The first kappa shape index (κ1) is 11.0. The summed E-state index contributed by atoms with van der Waals surface area (Å²) in [6.07, 6.45) is 0. The molecule has 0 saturated carbocycles. The molecule has 0 amide bonds. The maximum absolute atomic E-state index is 11.8. The number of carbonyl (C=O) groups is 1. The molecule has 0 saturated heterocycles. The van der Waals surface area contributed by atoms with E-state index in [1.165, 1.54) is 0 Å². The number of hydrogen-bond donors (Lipinski definition) is 0. The van der Waals surface area contributed by atoms with Crippen LogP contribution >= 0.6 is 0 Å². The van der Waals surface area contributed by atoms with E-state index in [0.717, 1.165) is 0 Å². The Labute approximate surface area is 87.7 Å². The van der Waals surface area contributed by atoms with E-state index < -0.39 is 11.7 Å². The van der Waals surface area contributed by atoms with Crippen LogP contribution in [0.5, 0.6) is 0 Å². The van der Waals surface area contributed by atoms with E-state index in [9.17, 15) is 4.79 Å². The molecule has 1 aromatic rings. The van der Waals surface area contributed by atoms with E-state index >= 15 is 0 Å². The van der Waals surface area contributed by atoms with Gasteiger partial charge in [-0.05, 0) is 20.8 Å². The Bertz CT molecular complexity index is 472. The molecule has 0 bridgehead atoms. The van der Waals surface area contributed by atoms with Gasteiger partial charge in [-0.25, -0.2) is 0 Å². The first-order chi connectivity index (χ1) is 7.02. The van der Waals surface area contributed by atoms with Gasteiger partial charge in [0.05, 0.1) is 17.7 Å². The van der Waals surface area contributed by atoms with Crippen molar-refractivity contribution in [2.75, 3.05) is 0 Å². The molecule has 15 heavy (non-hydrogen) atoms. The number of ketones is 1. The Kier molecular flexibility index (Phi) is 2.92. The standard InChI is InChI=1S/C11H10N2O2/c1-6-7(2)15-8(3)10(6)11(14)9(4-12)5-13/h9H,1-3H3. The highest BCUT2D eigenvalue weighted by Crippen LogP contribution is 2.23. The summed E-state index contributed by atoms with van der Waals surface area (Å²) in [6, 6.07) is 3.32. The molecule has 0 aliphatic carbocycles. The predicted molar refractivity (Wildman–Crippen MR) is 52.0 cm³/mol. The third-order valence-electron chi connectivity index (χ3n) is 2.33. The van der Waals surface area contributed by atoms with Gasteiger partial charge in [-0.15, -0.1) is 0 Å². The van der Waals surface area contributed by atoms with Crippen molar-refractivity contribution in [1.82, 2.24) is 0 Å². The SMILES string of the molecule is Cc1oc(C)c(C(=O)C(C#N)C#N)c1C. The number of nitriles is 2. The molecular weight excluding hydrogens is 192 g/mol. The first-order valence-electron chi connectivity index (χ1n) is 4.43. The number of rotatable bonds is 2. The van der Waals surface area contributed by atoms with Crippen molar-refractivity contribution in [3.05, 3.63) is 22.6 Å². The minimum Gasteiger partial charge on any atom is -0.466 e. The zero-order chi connectivity index (χ0) is 11.6. The molecule has 1 rings (SSSR count). The van der Waals surface area contributed by atoms with E-state index in [-0.39, 0.29) is 0 Å². The summed E-state index contributed by atoms with van der Waals surface area (Å²) in [7, 11) is 0. The molecule has 0 aromatic carbocycles. The number of nitrogens with zero attached hydrogens (tertiary/aromatic N) is 2. The Hall–Kier alpha value is -2.07. The van der Waals surface area contributed by atoms with Gasteiger partial charge in [0.25, 0.3) is 0 Å². The molecule has 0 atom stereocenters. The van der Waals surface area contributed by atoms with Crippen molar-refractivity contribution >= 4 is 5.78 Å². The molecule has 0 radical (unpaired) electrons. The molecule has 4 nitrogen and oxygen atoms in total. The van der Waals surface area contributed by atoms with Crippen LogP contribution in [0.2, 0.25) is 0 Å². The van der Waals surface area contributed by atoms with Crippen molar-refractivity contribution < 1.29 is 9.21 Å². The lowest BCUT2D eigenvalue weighted by atomic mass is 9.97. The minimum absolute atomic E-state index is 0.362. The third-order valence-corrected chi connectivity index (χ3v) is 2.33. The predicted octanol–water partition coefficient (Wildman–Crippen LogP) is 2.05. The number of hydrogen-bond acceptors (Lipinski definition) is 4. The average molecular weight is 202 g/mol. The highest BCUT2D eigenvalue weighted by atomic mass is 16.3. The van der Waals surface area contributed by atoms with Crippen LogP contribution in [0, 0.1) is 49.4 Å². The molecule has 1 aromatic heterocycles. The number of furan rings is 1. The smallest absolute Gasteiger partial charge is 0.198 e. The summed E-state index contributed by atoms with van der Waals surface area (Å²) in [4.78, 5) is 11.8. The van der Waals surface area contributed by atoms with Crippen LogP contribution in [0.15, 0.2) is 4.42 Å². The Morgan fingerprint density at radius 2 is 1.73 bits per heavy atom. The molecule has 0 aliphatic rings. The lowest BCUT2D eigenvalue weighted by Crippen LogP contribution is -2.12. The highest BCUT2D eigenvalue weighted by Gasteiger charge is 2.25. The Morgan fingerprint density at radius 3 is 2.07 bits per heavy atom. The zero-order valence-electron chi connectivity index (χ0n) is 8.79. The summed E-state index contributed by atoms with van der Waals surface area (Å²) in [5, 5.41) is 17.2. The number of carbonyl (C=O) groups excluding carboxylic acids is 1. The van der Waals surface area contributed by atoms with Gasteiger partial charge in [0.2, 0.25) is 0 Å². The molecule has 76 valence electrons. The van der Waals surface area contributed by atoms with Crippen LogP contribution in [-0.2, 0) is 0 Å². The minimum atomic E-state index is -1.25. The van der Waals surface area contributed by atoms with E-state index in [1.54, 1.807) is 32.9 Å². The maximum Gasteiger partial charge on any atom is 0.198 e. The summed E-state index contributed by atoms with van der Waals surface area (Å²) >= 11 is 0. The van der Waals surface area contributed by atoms with E-state index in [0.29, 0.717) is 22.6 Å². The highest BCUT2D eigenvalue weighted by molar-refractivity contribution is 6.03. The van der Waals surface area contributed by atoms with Crippen molar-refractivity contribution in [1.29, 1.82) is 10.5 Å². The van der Waals surface area contributed by atoms with E-state index in [4.69, 9.17) is 14.9 Å². The molecule has 0 aliphatic heterocycles. The summed E-state index contributed by atoms with van der Waals surface area (Å²) in [5.74, 6) is -0.623. The summed E-state index contributed by atoms with van der Waals surface area (Å²) < 4.78 is 5.27. The van der Waals surface area contributed by atoms with Crippen LogP contribution in [0.1, 0.15) is 27.4 Å². The molecule has 1 heterocycles. The van der Waals surface area contributed by atoms with Gasteiger partial charge in [0, 0.05) is 5.56 Å². The fraction of sp³-hybridized carbons (Fsp3) is 0.364. The van der Waals surface area contributed by atoms with Gasteiger partial charge in [-0.3, -0.25) is 4.79 Å². The molecule has 0 N–H and O–H groups in total. The van der Waals surface area contributed by atoms with E-state index in [1.807, 2.05) is 0 Å². The zero-order valence-corrected chi connectivity index (χ0v) is 8.79. The summed E-state index contributed by atoms with van der Waals surface area (Å²) in [5.41, 5.74) is 1.06. The van der Waals surface area contributed by atoms with Gasteiger partial charge in [-0.1, -0.05) is 0 Å². The Morgan fingerprint density at radius 1 is 1.20 bits per heavy atom. The first-order valence-corrected chi connectivity index (χ1v) is 4.43. The van der Waals surface area contributed by atoms with Gasteiger partial charge in [0.1, 0.15) is 11.5 Å². The number of Topliss-reactive ketones (excluding diaryl/α,β-unsaturated/α-hetero) is 1. The lowest BCUT2D eigenvalue weighted by molar-refractivity contribution is 0.0969. The second-order valence-electron chi connectivity index (χ2n) is 3.27. The van der Waals surface area contributed by atoms with Gasteiger partial charge >= 0.3 is 0 Å².